The Kier molecular flexibility index (Phi) is 7.61. The highest BCUT2D eigenvalue weighted by Gasteiger charge is 2.24. The van der Waals surface area contributed by atoms with Crippen molar-refractivity contribution in [2.24, 2.45) is 0 Å². The highest BCUT2D eigenvalue weighted by molar-refractivity contribution is 6.10. The molecule has 0 aliphatic heterocycles. The summed E-state index contributed by atoms with van der Waals surface area (Å²) in [5.74, 6) is 1.41. The van der Waals surface area contributed by atoms with Crippen molar-refractivity contribution in [3.05, 3.63) is 131 Å². The molecule has 0 unspecified atom stereocenters. The number of aromatic nitrogens is 4. The fraction of sp³-hybridized carbons (Fsp3) is 0.186. The Hall–Kier alpha value is -6.11. The van der Waals surface area contributed by atoms with Crippen molar-refractivity contribution >= 4 is 21.8 Å². The van der Waals surface area contributed by atoms with Crippen molar-refractivity contribution in [2.75, 3.05) is 0 Å². The summed E-state index contributed by atoms with van der Waals surface area (Å²) < 4.78 is 2.07. The Balaban J connectivity index is 1.50. The topological polar surface area (TPSA) is 91.2 Å². The lowest BCUT2D eigenvalue weighted by Crippen LogP contribution is -2.10. The smallest absolute Gasteiger partial charge is 0.164 e. The number of nitrogens with zero attached hydrogens (tertiary/aromatic N) is 6. The van der Waals surface area contributed by atoms with Crippen LogP contribution in [0.4, 0.5) is 0 Å². The van der Waals surface area contributed by atoms with Gasteiger partial charge in [-0.05, 0) is 58.4 Å². The molecule has 5 aromatic carbocycles. The molecule has 0 amide bonds. The van der Waals surface area contributed by atoms with Gasteiger partial charge in [0.05, 0.1) is 27.8 Å². The Morgan fingerprint density at radius 3 is 1.24 bits per heavy atom. The minimum Gasteiger partial charge on any atom is -0.307 e. The summed E-state index contributed by atoms with van der Waals surface area (Å²) in [6.45, 7) is 13.3. The molecule has 0 radical (unpaired) electrons. The van der Waals surface area contributed by atoms with E-state index in [9.17, 15) is 10.5 Å². The molecule has 238 valence electrons. The molecule has 0 saturated heterocycles. The predicted molar refractivity (Wildman–Crippen MR) is 197 cm³/mol. The fourth-order valence-electron chi connectivity index (χ4n) is 6.31. The van der Waals surface area contributed by atoms with Crippen LogP contribution < -0.4 is 0 Å². The van der Waals surface area contributed by atoms with Gasteiger partial charge >= 0.3 is 0 Å². The molecular formula is C43H36N6. The summed E-state index contributed by atoms with van der Waals surface area (Å²) in [5.41, 5.74) is 7.72. The van der Waals surface area contributed by atoms with Gasteiger partial charge in [0.1, 0.15) is 12.1 Å². The van der Waals surface area contributed by atoms with Gasteiger partial charge in [-0.3, -0.25) is 0 Å². The van der Waals surface area contributed by atoms with Crippen LogP contribution in [0.5, 0.6) is 0 Å². The van der Waals surface area contributed by atoms with Gasteiger partial charge < -0.3 is 4.57 Å². The summed E-state index contributed by atoms with van der Waals surface area (Å²) >= 11 is 0. The Morgan fingerprint density at radius 2 is 0.878 bits per heavy atom. The maximum Gasteiger partial charge on any atom is 0.164 e. The number of hydrogen-bond acceptors (Lipinski definition) is 5. The predicted octanol–water partition coefficient (Wildman–Crippen LogP) is 10.3. The van der Waals surface area contributed by atoms with Gasteiger partial charge in [-0.15, -0.1) is 0 Å². The van der Waals surface area contributed by atoms with Crippen molar-refractivity contribution in [2.45, 2.75) is 52.4 Å². The highest BCUT2D eigenvalue weighted by atomic mass is 15.0. The monoisotopic (exact) mass is 636 g/mol. The van der Waals surface area contributed by atoms with E-state index in [1.807, 2.05) is 60.7 Å². The van der Waals surface area contributed by atoms with Crippen molar-refractivity contribution < 1.29 is 0 Å². The van der Waals surface area contributed by atoms with E-state index in [4.69, 9.17) is 15.0 Å². The zero-order valence-electron chi connectivity index (χ0n) is 28.6. The first-order valence-corrected chi connectivity index (χ1v) is 16.4. The number of hydrogen-bond donors (Lipinski definition) is 0. The van der Waals surface area contributed by atoms with Gasteiger partial charge in [-0.2, -0.15) is 10.5 Å². The minimum absolute atomic E-state index is 0.0523. The molecule has 0 aliphatic rings. The fourth-order valence-corrected chi connectivity index (χ4v) is 6.31. The highest BCUT2D eigenvalue weighted by Crippen LogP contribution is 2.40. The van der Waals surface area contributed by atoms with E-state index >= 15 is 0 Å². The molecule has 6 heteroatoms. The average Bonchev–Trinajstić information content (AvgIpc) is 3.43. The van der Waals surface area contributed by atoms with Crippen LogP contribution in [0.2, 0.25) is 0 Å². The second-order valence-corrected chi connectivity index (χ2v) is 14.5. The molecule has 7 aromatic rings. The quantitative estimate of drug-likeness (QED) is 0.192. The first-order chi connectivity index (χ1) is 23.5. The zero-order chi connectivity index (χ0) is 34.5. The zero-order valence-corrected chi connectivity index (χ0v) is 28.6. The number of rotatable bonds is 4. The normalized spacial score (nSPS) is 11.8. The maximum absolute atomic E-state index is 10.7. The molecule has 0 fully saturated rings. The molecule has 2 aromatic heterocycles. The number of nitriles is 2. The Bertz CT molecular complexity index is 2300. The van der Waals surface area contributed by atoms with E-state index < -0.39 is 0 Å². The molecular weight excluding hydrogens is 601 g/mol. The van der Waals surface area contributed by atoms with Crippen LogP contribution in [-0.2, 0) is 10.8 Å². The van der Waals surface area contributed by atoms with Crippen LogP contribution in [0.25, 0.3) is 61.7 Å². The average molecular weight is 637 g/mol. The lowest BCUT2D eigenvalue weighted by Gasteiger charge is -2.19. The lowest BCUT2D eigenvalue weighted by atomic mass is 9.85. The molecule has 2 heterocycles. The van der Waals surface area contributed by atoms with Crippen LogP contribution >= 0.6 is 0 Å². The first-order valence-electron chi connectivity index (χ1n) is 16.4. The van der Waals surface area contributed by atoms with Crippen LogP contribution in [0, 0.1) is 22.7 Å². The second kappa shape index (κ2) is 11.8. The summed E-state index contributed by atoms with van der Waals surface area (Å²) in [4.78, 5) is 14.5. The van der Waals surface area contributed by atoms with Gasteiger partial charge in [0, 0.05) is 27.5 Å². The van der Waals surface area contributed by atoms with Crippen molar-refractivity contribution in [1.82, 2.24) is 19.5 Å². The third-order valence-corrected chi connectivity index (χ3v) is 9.03. The van der Waals surface area contributed by atoms with E-state index in [0.717, 1.165) is 32.9 Å². The summed E-state index contributed by atoms with van der Waals surface area (Å²) in [7, 11) is 0. The third-order valence-electron chi connectivity index (χ3n) is 9.03. The molecule has 49 heavy (non-hydrogen) atoms. The third kappa shape index (κ3) is 5.73. The molecule has 0 aliphatic carbocycles. The van der Waals surface area contributed by atoms with Crippen molar-refractivity contribution in [1.29, 1.82) is 10.5 Å². The summed E-state index contributed by atoms with van der Waals surface area (Å²) in [6.07, 6.45) is 0. The summed E-state index contributed by atoms with van der Waals surface area (Å²) in [5, 5.41) is 23.6. The number of benzene rings is 5. The van der Waals surface area contributed by atoms with Crippen LogP contribution in [0.3, 0.4) is 0 Å². The van der Waals surface area contributed by atoms with E-state index in [2.05, 4.69) is 94.6 Å². The molecule has 0 atom stereocenters. The number of fused-ring (bicyclic) bond motifs is 3. The molecule has 0 N–H and O–H groups in total. The van der Waals surface area contributed by atoms with Gasteiger partial charge in [0.25, 0.3) is 0 Å². The van der Waals surface area contributed by atoms with E-state index in [-0.39, 0.29) is 10.8 Å². The van der Waals surface area contributed by atoms with Crippen LogP contribution in [0.15, 0.2) is 109 Å². The van der Waals surface area contributed by atoms with Crippen molar-refractivity contribution in [3.8, 4) is 52.0 Å². The summed E-state index contributed by atoms with van der Waals surface area (Å²) in [6, 6.07) is 41.0. The van der Waals surface area contributed by atoms with Gasteiger partial charge in [0.2, 0.25) is 0 Å². The van der Waals surface area contributed by atoms with E-state index in [0.29, 0.717) is 39.9 Å². The Labute approximate surface area is 287 Å². The SMILES string of the molecule is CC(C)(C)c1ccc2c(c1)c1cc(C(C)(C)C)ccc1n2-c1c(C#N)cc(-c2nc(-c3ccccc3)nc(-c3ccccc3)n2)cc1C#N. The van der Waals surface area contributed by atoms with Crippen molar-refractivity contribution in [3.63, 3.8) is 0 Å². The van der Waals surface area contributed by atoms with Gasteiger partial charge in [-0.25, -0.2) is 15.0 Å². The largest absolute Gasteiger partial charge is 0.307 e. The van der Waals surface area contributed by atoms with Gasteiger partial charge in [-0.1, -0.05) is 114 Å². The molecule has 0 bridgehead atoms. The molecule has 7 rings (SSSR count). The molecule has 0 spiro atoms. The first kappa shape index (κ1) is 31.5. The van der Waals surface area contributed by atoms with Gasteiger partial charge in [0.15, 0.2) is 17.5 Å². The standard InChI is InChI=1S/C43H36N6/c1-42(2,3)32-17-19-36-34(23-32)35-24-33(43(4,5)6)18-20-37(35)49(36)38-30(25-44)21-29(22-31(38)26-45)41-47-39(27-13-9-7-10-14-27)46-40(48-41)28-15-11-8-12-16-28/h7-24H,1-6H3. The Morgan fingerprint density at radius 1 is 0.490 bits per heavy atom. The van der Waals surface area contributed by atoms with Crippen LogP contribution in [-0.4, -0.2) is 19.5 Å². The molecule has 6 nitrogen and oxygen atoms in total. The molecule has 0 saturated carbocycles. The minimum atomic E-state index is -0.0523. The van der Waals surface area contributed by atoms with Crippen LogP contribution in [0.1, 0.15) is 63.8 Å². The maximum atomic E-state index is 10.7. The lowest BCUT2D eigenvalue weighted by molar-refractivity contribution is 0.590. The second-order valence-electron chi connectivity index (χ2n) is 14.5. The van der Waals surface area contributed by atoms with E-state index in [1.165, 1.54) is 11.1 Å². The van der Waals surface area contributed by atoms with E-state index in [1.54, 1.807) is 12.1 Å².